The average molecular weight is 226 g/mol. The summed E-state index contributed by atoms with van der Waals surface area (Å²) in [6.45, 7) is 0. The molecule has 0 amide bonds. The zero-order valence-corrected chi connectivity index (χ0v) is 9.61. The van der Waals surface area contributed by atoms with Gasteiger partial charge in [-0.05, 0) is 37.0 Å². The maximum Gasteiger partial charge on any atom is 0.0834 e. The van der Waals surface area contributed by atoms with Gasteiger partial charge in [0.25, 0.3) is 0 Å². The van der Waals surface area contributed by atoms with Crippen LogP contribution in [0.3, 0.4) is 0 Å². The highest BCUT2D eigenvalue weighted by Crippen LogP contribution is 2.56. The van der Waals surface area contributed by atoms with E-state index in [1.807, 2.05) is 11.7 Å². The first-order chi connectivity index (χ1) is 7.16. The molecular weight excluding hydrogens is 210 g/mol. The quantitative estimate of drug-likeness (QED) is 0.838. The molecule has 0 saturated heterocycles. The fourth-order valence-corrected chi connectivity index (χ4v) is 3.37. The van der Waals surface area contributed by atoms with Crippen LogP contribution >= 0.6 is 11.6 Å². The van der Waals surface area contributed by atoms with Crippen molar-refractivity contribution in [3.63, 3.8) is 0 Å². The summed E-state index contributed by atoms with van der Waals surface area (Å²) >= 11 is 6.10. The second kappa shape index (κ2) is 3.22. The van der Waals surface area contributed by atoms with Gasteiger partial charge in [0, 0.05) is 7.05 Å². The maximum absolute atomic E-state index is 6.28. The number of halogens is 1. The van der Waals surface area contributed by atoms with E-state index in [0.29, 0.717) is 10.9 Å². The standard InChI is InChI=1S/C11H16ClN3/c1-15-11(9(12)5-14-15)10(13)8-3-6-2-7(6)4-8/h5-8,10H,2-4,13H2,1H3. The van der Waals surface area contributed by atoms with Gasteiger partial charge in [-0.1, -0.05) is 11.6 Å². The molecular formula is C11H16ClN3. The minimum atomic E-state index is 0.0674. The van der Waals surface area contributed by atoms with Crippen LogP contribution in [0.4, 0.5) is 0 Å². The van der Waals surface area contributed by atoms with E-state index >= 15 is 0 Å². The number of rotatable bonds is 2. The lowest BCUT2D eigenvalue weighted by molar-refractivity contribution is 0.387. The van der Waals surface area contributed by atoms with Gasteiger partial charge < -0.3 is 5.73 Å². The van der Waals surface area contributed by atoms with Crippen molar-refractivity contribution in [1.29, 1.82) is 0 Å². The minimum Gasteiger partial charge on any atom is -0.322 e. The van der Waals surface area contributed by atoms with Gasteiger partial charge in [0.1, 0.15) is 0 Å². The molecule has 0 spiro atoms. The monoisotopic (exact) mass is 225 g/mol. The Balaban J connectivity index is 1.81. The number of aryl methyl sites for hydroxylation is 1. The summed E-state index contributed by atoms with van der Waals surface area (Å²) in [4.78, 5) is 0. The van der Waals surface area contributed by atoms with Crippen molar-refractivity contribution in [3.8, 4) is 0 Å². The number of nitrogens with two attached hydrogens (primary N) is 1. The Morgan fingerprint density at radius 2 is 2.13 bits per heavy atom. The summed E-state index contributed by atoms with van der Waals surface area (Å²) in [7, 11) is 1.91. The Bertz CT molecular complexity index is 358. The highest BCUT2D eigenvalue weighted by molar-refractivity contribution is 6.31. The average Bonchev–Trinajstić information content (AvgIpc) is 2.66. The van der Waals surface area contributed by atoms with Crippen LogP contribution in [0.5, 0.6) is 0 Å². The van der Waals surface area contributed by atoms with E-state index in [9.17, 15) is 0 Å². The maximum atomic E-state index is 6.28. The Morgan fingerprint density at radius 1 is 1.47 bits per heavy atom. The van der Waals surface area contributed by atoms with E-state index in [-0.39, 0.29) is 6.04 Å². The molecule has 2 aliphatic rings. The van der Waals surface area contributed by atoms with Crippen LogP contribution in [-0.4, -0.2) is 9.78 Å². The second-order valence-corrected chi connectivity index (χ2v) is 5.42. The molecule has 2 N–H and O–H groups in total. The highest BCUT2D eigenvalue weighted by Gasteiger charge is 2.48. The van der Waals surface area contributed by atoms with Crippen molar-refractivity contribution < 1.29 is 0 Å². The second-order valence-electron chi connectivity index (χ2n) is 5.01. The van der Waals surface area contributed by atoms with Gasteiger partial charge in [-0.2, -0.15) is 5.10 Å². The number of fused-ring (bicyclic) bond motifs is 1. The summed E-state index contributed by atoms with van der Waals surface area (Å²) in [6.07, 6.45) is 5.69. The lowest BCUT2D eigenvalue weighted by Crippen LogP contribution is -2.23. The zero-order chi connectivity index (χ0) is 10.6. The fourth-order valence-electron chi connectivity index (χ4n) is 3.07. The normalized spacial score (nSPS) is 35.3. The van der Waals surface area contributed by atoms with Gasteiger partial charge in [-0.15, -0.1) is 0 Å². The lowest BCUT2D eigenvalue weighted by atomic mass is 9.93. The third-order valence-corrected chi connectivity index (χ3v) is 4.33. The van der Waals surface area contributed by atoms with Crippen LogP contribution in [0.2, 0.25) is 5.02 Å². The molecule has 3 atom stereocenters. The van der Waals surface area contributed by atoms with Crippen molar-refractivity contribution in [2.75, 3.05) is 0 Å². The van der Waals surface area contributed by atoms with Crippen molar-refractivity contribution >= 4 is 11.6 Å². The molecule has 82 valence electrons. The molecule has 1 aromatic rings. The van der Waals surface area contributed by atoms with E-state index in [0.717, 1.165) is 17.5 Å². The van der Waals surface area contributed by atoms with Gasteiger partial charge in [0.15, 0.2) is 0 Å². The summed E-state index contributed by atoms with van der Waals surface area (Å²) in [5.74, 6) is 2.54. The summed E-state index contributed by atoms with van der Waals surface area (Å²) < 4.78 is 1.82. The van der Waals surface area contributed by atoms with E-state index in [1.54, 1.807) is 6.20 Å². The van der Waals surface area contributed by atoms with Gasteiger partial charge in [0.2, 0.25) is 0 Å². The van der Waals surface area contributed by atoms with E-state index in [2.05, 4.69) is 5.10 Å². The molecule has 2 aliphatic carbocycles. The molecule has 1 heterocycles. The predicted molar refractivity (Wildman–Crippen MR) is 59.5 cm³/mol. The third kappa shape index (κ3) is 1.49. The summed E-state index contributed by atoms with van der Waals surface area (Å²) in [6, 6.07) is 0.0674. The van der Waals surface area contributed by atoms with Gasteiger partial charge in [-0.3, -0.25) is 4.68 Å². The van der Waals surface area contributed by atoms with Crippen LogP contribution in [0.1, 0.15) is 31.0 Å². The molecule has 0 bridgehead atoms. The third-order valence-electron chi connectivity index (χ3n) is 4.04. The smallest absolute Gasteiger partial charge is 0.0834 e. The lowest BCUT2D eigenvalue weighted by Gasteiger charge is -2.21. The minimum absolute atomic E-state index is 0.0674. The van der Waals surface area contributed by atoms with Crippen LogP contribution in [0, 0.1) is 17.8 Å². The predicted octanol–water partition coefficient (Wildman–Crippen LogP) is 2.12. The zero-order valence-electron chi connectivity index (χ0n) is 8.86. The highest BCUT2D eigenvalue weighted by atomic mass is 35.5. The van der Waals surface area contributed by atoms with Crippen molar-refractivity contribution in [1.82, 2.24) is 9.78 Å². The number of hydrogen-bond donors (Lipinski definition) is 1. The molecule has 3 nitrogen and oxygen atoms in total. The molecule has 2 saturated carbocycles. The molecule has 0 aliphatic heterocycles. The summed E-state index contributed by atoms with van der Waals surface area (Å²) in [5, 5.41) is 4.86. The van der Waals surface area contributed by atoms with E-state index < -0.39 is 0 Å². The van der Waals surface area contributed by atoms with Crippen LogP contribution in [-0.2, 0) is 7.05 Å². The number of aromatic nitrogens is 2. The first-order valence-corrected chi connectivity index (χ1v) is 5.97. The van der Waals surface area contributed by atoms with Crippen molar-refractivity contribution in [3.05, 3.63) is 16.9 Å². The molecule has 2 fully saturated rings. The van der Waals surface area contributed by atoms with Gasteiger partial charge in [-0.25, -0.2) is 0 Å². The number of hydrogen-bond acceptors (Lipinski definition) is 2. The molecule has 1 aromatic heterocycles. The molecule has 3 unspecified atom stereocenters. The largest absolute Gasteiger partial charge is 0.322 e. The number of nitrogens with zero attached hydrogens (tertiary/aromatic N) is 2. The first kappa shape index (κ1) is 9.67. The Hall–Kier alpha value is -0.540. The van der Waals surface area contributed by atoms with Crippen LogP contribution in [0.25, 0.3) is 0 Å². The Morgan fingerprint density at radius 3 is 2.67 bits per heavy atom. The Kier molecular flexibility index (Phi) is 2.08. The van der Waals surface area contributed by atoms with E-state index in [4.69, 9.17) is 17.3 Å². The topological polar surface area (TPSA) is 43.8 Å². The molecule has 15 heavy (non-hydrogen) atoms. The fraction of sp³-hybridized carbons (Fsp3) is 0.727. The van der Waals surface area contributed by atoms with Gasteiger partial charge >= 0.3 is 0 Å². The molecule has 4 heteroatoms. The SMILES string of the molecule is Cn1ncc(Cl)c1C(N)C1CC2CC2C1. The molecule has 0 radical (unpaired) electrons. The Labute approximate surface area is 94.6 Å². The summed E-state index contributed by atoms with van der Waals surface area (Å²) in [5.41, 5.74) is 7.29. The molecule has 3 rings (SSSR count). The van der Waals surface area contributed by atoms with Crippen molar-refractivity contribution in [2.24, 2.45) is 30.5 Å². The molecule has 0 aromatic carbocycles. The van der Waals surface area contributed by atoms with E-state index in [1.165, 1.54) is 19.3 Å². The van der Waals surface area contributed by atoms with Crippen LogP contribution < -0.4 is 5.73 Å². The van der Waals surface area contributed by atoms with Gasteiger partial charge in [0.05, 0.1) is 23.0 Å². The van der Waals surface area contributed by atoms with Crippen LogP contribution in [0.15, 0.2) is 6.20 Å². The van der Waals surface area contributed by atoms with Crippen molar-refractivity contribution in [2.45, 2.75) is 25.3 Å². The first-order valence-electron chi connectivity index (χ1n) is 5.59.